The normalized spacial score (nSPS) is 12.7. The van der Waals surface area contributed by atoms with Crippen LogP contribution in [0.1, 0.15) is 12.0 Å². The molecular formula is C17H17NO4. The number of anilines is 1. The lowest BCUT2D eigenvalue weighted by Crippen LogP contribution is -2.16. The Morgan fingerprint density at radius 3 is 2.73 bits per heavy atom. The minimum Gasteiger partial charge on any atom is -0.508 e. The fourth-order valence-corrected chi connectivity index (χ4v) is 2.31. The fraction of sp³-hybridized carbons (Fsp3) is 0.235. The number of aryl methyl sites for hydroxylation is 1. The first-order valence-corrected chi connectivity index (χ1v) is 7.18. The lowest BCUT2D eigenvalue weighted by molar-refractivity contribution is -0.116. The Balaban J connectivity index is 1.57. The molecule has 0 spiro atoms. The first-order valence-electron chi connectivity index (χ1n) is 7.18. The van der Waals surface area contributed by atoms with Crippen LogP contribution in [0.2, 0.25) is 0 Å². The van der Waals surface area contributed by atoms with Crippen molar-refractivity contribution in [3.8, 4) is 17.2 Å². The van der Waals surface area contributed by atoms with Crippen LogP contribution in [0.5, 0.6) is 17.2 Å². The molecule has 2 aromatic carbocycles. The summed E-state index contributed by atoms with van der Waals surface area (Å²) in [6, 6.07) is 12.3. The van der Waals surface area contributed by atoms with Gasteiger partial charge in [-0.1, -0.05) is 12.1 Å². The van der Waals surface area contributed by atoms with Gasteiger partial charge in [-0.05, 0) is 36.2 Å². The van der Waals surface area contributed by atoms with Crippen molar-refractivity contribution < 1.29 is 19.4 Å². The van der Waals surface area contributed by atoms with E-state index in [9.17, 15) is 9.90 Å². The molecule has 1 amide bonds. The monoisotopic (exact) mass is 299 g/mol. The SMILES string of the molecule is O=C(CCc1cccc(O)c1)Nc1ccc2c(c1)OCCO2. The Hall–Kier alpha value is -2.69. The van der Waals surface area contributed by atoms with E-state index in [-0.39, 0.29) is 11.7 Å². The van der Waals surface area contributed by atoms with E-state index in [1.807, 2.05) is 6.07 Å². The van der Waals surface area contributed by atoms with Crippen LogP contribution in [0.4, 0.5) is 5.69 Å². The summed E-state index contributed by atoms with van der Waals surface area (Å²) in [5.41, 5.74) is 1.61. The predicted molar refractivity (Wildman–Crippen MR) is 82.5 cm³/mol. The molecule has 22 heavy (non-hydrogen) atoms. The number of phenolic OH excluding ortho intramolecular Hbond substituents is 1. The van der Waals surface area contributed by atoms with E-state index in [1.165, 1.54) is 0 Å². The van der Waals surface area contributed by atoms with Gasteiger partial charge >= 0.3 is 0 Å². The lowest BCUT2D eigenvalue weighted by Gasteiger charge is -2.19. The van der Waals surface area contributed by atoms with Crippen LogP contribution in [-0.2, 0) is 11.2 Å². The number of carbonyl (C=O) groups is 1. The molecule has 0 atom stereocenters. The number of amides is 1. The van der Waals surface area contributed by atoms with Gasteiger partial charge in [-0.3, -0.25) is 4.79 Å². The second-order valence-corrected chi connectivity index (χ2v) is 5.08. The summed E-state index contributed by atoms with van der Waals surface area (Å²) in [5, 5.41) is 12.2. The van der Waals surface area contributed by atoms with E-state index in [2.05, 4.69) is 5.32 Å². The highest BCUT2D eigenvalue weighted by molar-refractivity contribution is 5.91. The topological polar surface area (TPSA) is 67.8 Å². The number of hydrogen-bond acceptors (Lipinski definition) is 4. The van der Waals surface area contributed by atoms with Gasteiger partial charge in [0.25, 0.3) is 0 Å². The van der Waals surface area contributed by atoms with E-state index in [0.29, 0.717) is 43.2 Å². The average Bonchev–Trinajstić information content (AvgIpc) is 2.53. The number of hydrogen-bond donors (Lipinski definition) is 2. The van der Waals surface area contributed by atoms with Crippen molar-refractivity contribution in [2.75, 3.05) is 18.5 Å². The number of aromatic hydroxyl groups is 1. The highest BCUT2D eigenvalue weighted by atomic mass is 16.6. The van der Waals surface area contributed by atoms with E-state index in [0.717, 1.165) is 5.56 Å². The standard InChI is InChI=1S/C17H17NO4/c19-14-3-1-2-12(10-14)4-7-17(20)18-13-5-6-15-16(11-13)22-9-8-21-15/h1-3,5-6,10-11,19H,4,7-9H2,(H,18,20). The fourth-order valence-electron chi connectivity index (χ4n) is 2.31. The number of ether oxygens (including phenoxy) is 2. The minimum atomic E-state index is -0.0833. The molecule has 0 unspecified atom stereocenters. The van der Waals surface area contributed by atoms with Crippen LogP contribution >= 0.6 is 0 Å². The molecule has 5 nitrogen and oxygen atoms in total. The lowest BCUT2D eigenvalue weighted by atomic mass is 10.1. The number of phenols is 1. The van der Waals surface area contributed by atoms with Crippen LogP contribution < -0.4 is 14.8 Å². The maximum atomic E-state index is 12.0. The molecule has 0 fully saturated rings. The smallest absolute Gasteiger partial charge is 0.224 e. The van der Waals surface area contributed by atoms with Gasteiger partial charge < -0.3 is 19.9 Å². The third-order valence-electron chi connectivity index (χ3n) is 3.38. The molecule has 1 heterocycles. The Morgan fingerprint density at radius 1 is 1.09 bits per heavy atom. The quantitative estimate of drug-likeness (QED) is 0.911. The summed E-state index contributed by atoms with van der Waals surface area (Å²) in [6.45, 7) is 1.06. The Kier molecular flexibility index (Phi) is 4.14. The molecule has 0 radical (unpaired) electrons. The maximum Gasteiger partial charge on any atom is 0.224 e. The Labute approximate surface area is 128 Å². The van der Waals surface area contributed by atoms with Crippen molar-refractivity contribution in [3.05, 3.63) is 48.0 Å². The molecule has 1 aliphatic heterocycles. The molecule has 3 rings (SSSR count). The molecule has 2 N–H and O–H groups in total. The van der Waals surface area contributed by atoms with Gasteiger partial charge in [-0.25, -0.2) is 0 Å². The van der Waals surface area contributed by atoms with Crippen LogP contribution in [0.25, 0.3) is 0 Å². The third kappa shape index (κ3) is 3.49. The second kappa shape index (κ2) is 6.39. The highest BCUT2D eigenvalue weighted by Gasteiger charge is 2.12. The first-order chi connectivity index (χ1) is 10.7. The van der Waals surface area contributed by atoms with Gasteiger partial charge in [0.1, 0.15) is 19.0 Å². The molecule has 114 valence electrons. The molecule has 1 aliphatic rings. The number of carbonyl (C=O) groups excluding carboxylic acids is 1. The van der Waals surface area contributed by atoms with Crippen molar-refractivity contribution in [2.45, 2.75) is 12.8 Å². The van der Waals surface area contributed by atoms with Gasteiger partial charge in [-0.15, -0.1) is 0 Å². The number of rotatable bonds is 4. The second-order valence-electron chi connectivity index (χ2n) is 5.08. The third-order valence-corrected chi connectivity index (χ3v) is 3.38. The summed E-state index contributed by atoms with van der Waals surface area (Å²) < 4.78 is 10.9. The summed E-state index contributed by atoms with van der Waals surface area (Å²) in [5.74, 6) is 1.48. The van der Waals surface area contributed by atoms with E-state index in [1.54, 1.807) is 36.4 Å². The van der Waals surface area contributed by atoms with Crippen LogP contribution in [-0.4, -0.2) is 24.2 Å². The van der Waals surface area contributed by atoms with Gasteiger partial charge in [-0.2, -0.15) is 0 Å². The van der Waals surface area contributed by atoms with E-state index in [4.69, 9.17) is 9.47 Å². The van der Waals surface area contributed by atoms with Gasteiger partial charge in [0, 0.05) is 18.2 Å². The van der Waals surface area contributed by atoms with Crippen molar-refractivity contribution in [1.82, 2.24) is 0 Å². The largest absolute Gasteiger partial charge is 0.508 e. The van der Waals surface area contributed by atoms with E-state index < -0.39 is 0 Å². The van der Waals surface area contributed by atoms with Crippen molar-refractivity contribution >= 4 is 11.6 Å². The van der Waals surface area contributed by atoms with Crippen LogP contribution in [0.15, 0.2) is 42.5 Å². The zero-order valence-electron chi connectivity index (χ0n) is 12.0. The molecule has 0 aromatic heterocycles. The Morgan fingerprint density at radius 2 is 1.91 bits per heavy atom. The zero-order chi connectivity index (χ0) is 15.4. The molecule has 5 heteroatoms. The van der Waals surface area contributed by atoms with Crippen molar-refractivity contribution in [3.63, 3.8) is 0 Å². The number of nitrogens with one attached hydrogen (secondary N) is 1. The summed E-state index contributed by atoms with van der Waals surface area (Å²) in [7, 11) is 0. The first kappa shape index (κ1) is 14.3. The number of benzene rings is 2. The van der Waals surface area contributed by atoms with E-state index >= 15 is 0 Å². The summed E-state index contributed by atoms with van der Waals surface area (Å²) in [6.07, 6.45) is 0.919. The average molecular weight is 299 g/mol. The van der Waals surface area contributed by atoms with Crippen LogP contribution in [0.3, 0.4) is 0 Å². The predicted octanol–water partition coefficient (Wildman–Crippen LogP) is 2.73. The molecule has 0 saturated carbocycles. The summed E-state index contributed by atoms with van der Waals surface area (Å²) >= 11 is 0. The minimum absolute atomic E-state index is 0.0833. The number of fused-ring (bicyclic) bond motifs is 1. The van der Waals surface area contributed by atoms with Gasteiger partial charge in [0.2, 0.25) is 5.91 Å². The van der Waals surface area contributed by atoms with Crippen molar-refractivity contribution in [2.24, 2.45) is 0 Å². The van der Waals surface area contributed by atoms with Gasteiger partial charge in [0.05, 0.1) is 0 Å². The molecule has 0 bridgehead atoms. The highest BCUT2D eigenvalue weighted by Crippen LogP contribution is 2.32. The maximum absolute atomic E-state index is 12.0. The Bertz CT molecular complexity index is 684. The van der Waals surface area contributed by atoms with Gasteiger partial charge in [0.15, 0.2) is 11.5 Å². The van der Waals surface area contributed by atoms with Crippen molar-refractivity contribution in [1.29, 1.82) is 0 Å². The molecule has 2 aromatic rings. The van der Waals surface area contributed by atoms with Crippen LogP contribution in [0, 0.1) is 0 Å². The zero-order valence-corrected chi connectivity index (χ0v) is 12.0. The summed E-state index contributed by atoms with van der Waals surface area (Å²) in [4.78, 5) is 12.0. The molecule has 0 saturated heterocycles. The molecular weight excluding hydrogens is 282 g/mol. The molecule has 0 aliphatic carbocycles.